The first kappa shape index (κ1) is 23.1. The molecular formula is C20H22F3N3O4. The molecule has 0 aliphatic rings. The molecule has 2 aromatic heterocycles. The lowest BCUT2D eigenvalue weighted by Gasteiger charge is -2.17. The van der Waals surface area contributed by atoms with Gasteiger partial charge < -0.3 is 14.8 Å². The Labute approximate surface area is 171 Å². The summed E-state index contributed by atoms with van der Waals surface area (Å²) in [4.78, 5) is 32.1. The predicted molar refractivity (Wildman–Crippen MR) is 101 cm³/mol. The van der Waals surface area contributed by atoms with E-state index < -0.39 is 24.7 Å². The Morgan fingerprint density at radius 1 is 1.23 bits per heavy atom. The fourth-order valence-electron chi connectivity index (χ4n) is 2.50. The number of nitrogens with zero attached hydrogens (tertiary/aromatic N) is 2. The number of hydrogen-bond acceptors (Lipinski definition) is 6. The number of alkyl halides is 3. The van der Waals surface area contributed by atoms with Crippen LogP contribution in [0.1, 0.15) is 47.9 Å². The number of methoxy groups -OCH3 is 1. The van der Waals surface area contributed by atoms with Gasteiger partial charge in [0.25, 0.3) is 11.8 Å². The van der Waals surface area contributed by atoms with E-state index in [1.165, 1.54) is 31.6 Å². The Hall–Kier alpha value is -3.17. The second-order valence-electron chi connectivity index (χ2n) is 6.48. The van der Waals surface area contributed by atoms with Crippen LogP contribution >= 0.6 is 0 Å². The molecule has 10 heteroatoms. The molecule has 0 bridgehead atoms. The van der Waals surface area contributed by atoms with Gasteiger partial charge in [0.2, 0.25) is 0 Å². The van der Waals surface area contributed by atoms with E-state index in [0.717, 1.165) is 0 Å². The van der Waals surface area contributed by atoms with Gasteiger partial charge in [0, 0.05) is 36.5 Å². The average molecular weight is 425 g/mol. The van der Waals surface area contributed by atoms with E-state index in [-0.39, 0.29) is 23.8 Å². The minimum Gasteiger partial charge on any atom is -0.491 e. The Kier molecular flexibility index (Phi) is 7.73. The molecule has 0 radical (unpaired) electrons. The van der Waals surface area contributed by atoms with Gasteiger partial charge in [-0.1, -0.05) is 6.92 Å². The summed E-state index contributed by atoms with van der Waals surface area (Å²) in [5, 5.41) is 2.77. The summed E-state index contributed by atoms with van der Waals surface area (Å²) in [5.41, 5.74) is 1.34. The number of nitrogens with one attached hydrogen (secondary N) is 1. The minimum absolute atomic E-state index is 0.0134. The number of ether oxygens (including phenoxy) is 2. The van der Waals surface area contributed by atoms with Crippen molar-refractivity contribution >= 4 is 11.7 Å². The number of hydrogen-bond donors (Lipinski definition) is 1. The summed E-state index contributed by atoms with van der Waals surface area (Å²) in [5.74, 6) is -0.663. The lowest BCUT2D eigenvalue weighted by atomic mass is 10.1. The minimum atomic E-state index is -4.50. The summed E-state index contributed by atoms with van der Waals surface area (Å²) in [7, 11) is 1.28. The molecule has 0 aliphatic heterocycles. The summed E-state index contributed by atoms with van der Waals surface area (Å²) >= 11 is 0. The molecule has 30 heavy (non-hydrogen) atoms. The molecule has 1 atom stereocenters. The fraction of sp³-hybridized carbons (Fsp3) is 0.400. The normalized spacial score (nSPS) is 12.2. The lowest BCUT2D eigenvalue weighted by molar-refractivity contribution is -0.154. The number of carbonyl (C=O) groups is 2. The molecule has 0 saturated carbocycles. The topological polar surface area (TPSA) is 90.4 Å². The van der Waals surface area contributed by atoms with E-state index in [0.29, 0.717) is 23.2 Å². The molecule has 162 valence electrons. The van der Waals surface area contributed by atoms with Gasteiger partial charge in [-0.15, -0.1) is 0 Å². The van der Waals surface area contributed by atoms with E-state index in [4.69, 9.17) is 4.74 Å². The number of aromatic nitrogens is 2. The van der Waals surface area contributed by atoms with E-state index in [2.05, 4.69) is 20.0 Å². The SMILES string of the molecule is CCC(=O)Cc1cc(C(=O)NC(C)c2cnc(OCC(F)(F)F)c(OC)c2)ccn1. The van der Waals surface area contributed by atoms with Gasteiger partial charge in [0.05, 0.1) is 13.2 Å². The Balaban J connectivity index is 2.10. The highest BCUT2D eigenvalue weighted by molar-refractivity contribution is 5.94. The first-order valence-corrected chi connectivity index (χ1v) is 9.14. The zero-order chi connectivity index (χ0) is 22.3. The van der Waals surface area contributed by atoms with Gasteiger partial charge >= 0.3 is 6.18 Å². The number of halogens is 3. The summed E-state index contributed by atoms with van der Waals surface area (Å²) in [6.07, 6.45) is -1.22. The number of pyridine rings is 2. The smallest absolute Gasteiger partial charge is 0.422 e. The summed E-state index contributed by atoms with van der Waals surface area (Å²) in [6.45, 7) is 1.95. The second-order valence-corrected chi connectivity index (χ2v) is 6.48. The van der Waals surface area contributed by atoms with Crippen LogP contribution < -0.4 is 14.8 Å². The Morgan fingerprint density at radius 2 is 1.97 bits per heavy atom. The Morgan fingerprint density at radius 3 is 2.60 bits per heavy atom. The lowest BCUT2D eigenvalue weighted by Crippen LogP contribution is -2.27. The maximum atomic E-state index is 12.5. The second kappa shape index (κ2) is 10.0. The van der Waals surface area contributed by atoms with Crippen LogP contribution in [0.4, 0.5) is 13.2 Å². The maximum Gasteiger partial charge on any atom is 0.422 e. The van der Waals surface area contributed by atoms with Crippen LogP contribution in [0.5, 0.6) is 11.6 Å². The van der Waals surface area contributed by atoms with Crippen LogP contribution in [-0.2, 0) is 11.2 Å². The largest absolute Gasteiger partial charge is 0.491 e. The zero-order valence-electron chi connectivity index (χ0n) is 16.7. The molecule has 1 unspecified atom stereocenters. The number of carbonyl (C=O) groups excluding carboxylic acids is 2. The maximum absolute atomic E-state index is 12.5. The van der Waals surface area contributed by atoms with Crippen molar-refractivity contribution in [2.45, 2.75) is 38.9 Å². The first-order valence-electron chi connectivity index (χ1n) is 9.14. The number of ketones is 1. The highest BCUT2D eigenvalue weighted by Gasteiger charge is 2.29. The van der Waals surface area contributed by atoms with E-state index in [1.807, 2.05) is 0 Å². The molecule has 2 heterocycles. The van der Waals surface area contributed by atoms with E-state index in [9.17, 15) is 22.8 Å². The average Bonchev–Trinajstić information content (AvgIpc) is 2.71. The molecule has 0 spiro atoms. The van der Waals surface area contributed by atoms with E-state index >= 15 is 0 Å². The number of rotatable bonds is 9. The van der Waals surface area contributed by atoms with Crippen LogP contribution in [0.3, 0.4) is 0 Å². The van der Waals surface area contributed by atoms with Crippen molar-refractivity contribution in [2.24, 2.45) is 0 Å². The summed E-state index contributed by atoms with van der Waals surface area (Å²) < 4.78 is 46.7. The van der Waals surface area contributed by atoms with Crippen LogP contribution in [0.25, 0.3) is 0 Å². The molecule has 1 N–H and O–H groups in total. The molecular weight excluding hydrogens is 403 g/mol. The third-order valence-corrected chi connectivity index (χ3v) is 4.13. The van der Waals surface area contributed by atoms with Gasteiger partial charge in [0.15, 0.2) is 12.4 Å². The van der Waals surface area contributed by atoms with Crippen molar-refractivity contribution < 1.29 is 32.2 Å². The first-order chi connectivity index (χ1) is 14.1. The van der Waals surface area contributed by atoms with Crippen molar-refractivity contribution in [1.29, 1.82) is 0 Å². The zero-order valence-corrected chi connectivity index (χ0v) is 16.7. The van der Waals surface area contributed by atoms with Crippen molar-refractivity contribution in [2.75, 3.05) is 13.7 Å². The van der Waals surface area contributed by atoms with Crippen molar-refractivity contribution in [1.82, 2.24) is 15.3 Å². The van der Waals surface area contributed by atoms with E-state index in [1.54, 1.807) is 19.9 Å². The predicted octanol–water partition coefficient (Wildman–Crippen LogP) is 3.44. The number of Topliss-reactive ketones (excluding diaryl/α,β-unsaturated/α-hetero) is 1. The monoisotopic (exact) mass is 425 g/mol. The highest BCUT2D eigenvalue weighted by Crippen LogP contribution is 2.29. The van der Waals surface area contributed by atoms with Crippen molar-refractivity contribution in [3.63, 3.8) is 0 Å². The van der Waals surface area contributed by atoms with Crippen LogP contribution in [-0.4, -0.2) is 41.6 Å². The quantitative estimate of drug-likeness (QED) is 0.662. The van der Waals surface area contributed by atoms with Crippen LogP contribution in [0.15, 0.2) is 30.6 Å². The van der Waals surface area contributed by atoms with Gasteiger partial charge in [-0.3, -0.25) is 14.6 Å². The molecule has 0 fully saturated rings. The third kappa shape index (κ3) is 6.71. The van der Waals surface area contributed by atoms with Crippen LogP contribution in [0.2, 0.25) is 0 Å². The van der Waals surface area contributed by atoms with Gasteiger partial charge in [-0.25, -0.2) is 4.98 Å². The molecule has 2 aromatic rings. The molecule has 1 amide bonds. The Bertz CT molecular complexity index is 903. The standard InChI is InChI=1S/C20H22F3N3O4/c1-4-16(27)9-15-7-13(5-6-24-15)18(28)26-12(2)14-8-17(29-3)19(25-10-14)30-11-20(21,22)23/h5-8,10,12H,4,9,11H2,1-3H3,(H,26,28). The highest BCUT2D eigenvalue weighted by atomic mass is 19.4. The van der Waals surface area contributed by atoms with Crippen molar-refractivity contribution in [3.05, 3.63) is 47.4 Å². The third-order valence-electron chi connectivity index (χ3n) is 4.13. The molecule has 7 nitrogen and oxygen atoms in total. The van der Waals surface area contributed by atoms with Gasteiger partial charge in [-0.05, 0) is 30.7 Å². The van der Waals surface area contributed by atoms with Crippen LogP contribution in [0, 0.1) is 0 Å². The fourth-order valence-corrected chi connectivity index (χ4v) is 2.50. The van der Waals surface area contributed by atoms with Crippen molar-refractivity contribution in [3.8, 4) is 11.6 Å². The molecule has 0 aliphatic carbocycles. The molecule has 0 saturated heterocycles. The van der Waals surface area contributed by atoms with Gasteiger partial charge in [-0.2, -0.15) is 13.2 Å². The molecule has 0 aromatic carbocycles. The van der Waals surface area contributed by atoms with Gasteiger partial charge in [0.1, 0.15) is 5.78 Å². The summed E-state index contributed by atoms with van der Waals surface area (Å²) in [6, 6.07) is 3.99. The number of amides is 1. The molecule has 2 rings (SSSR count).